The number of piperazine rings is 1. The first-order valence-corrected chi connectivity index (χ1v) is 11.8. The van der Waals surface area contributed by atoms with Gasteiger partial charge in [0, 0.05) is 32.7 Å². The van der Waals surface area contributed by atoms with Crippen LogP contribution in [0, 0.1) is 4.77 Å². The lowest BCUT2D eigenvalue weighted by atomic mass is 9.92. The zero-order valence-electron chi connectivity index (χ0n) is 16.2. The number of hydrogen-bond donors (Lipinski definition) is 0. The predicted octanol–water partition coefficient (Wildman–Crippen LogP) is 2.28. The van der Waals surface area contributed by atoms with E-state index in [1.165, 1.54) is 17.5 Å². The molecule has 7 nitrogen and oxygen atoms in total. The van der Waals surface area contributed by atoms with Crippen molar-refractivity contribution in [2.75, 3.05) is 26.2 Å². The van der Waals surface area contributed by atoms with Crippen LogP contribution in [0.15, 0.2) is 29.4 Å². The van der Waals surface area contributed by atoms with E-state index in [0.717, 1.165) is 25.8 Å². The highest BCUT2D eigenvalue weighted by atomic mass is 32.2. The molecule has 2 heterocycles. The van der Waals surface area contributed by atoms with Crippen LogP contribution in [-0.4, -0.2) is 58.1 Å². The summed E-state index contributed by atoms with van der Waals surface area (Å²) < 4.78 is 32.2. The van der Waals surface area contributed by atoms with Crippen LogP contribution < -0.4 is 0 Å². The molecule has 1 aromatic carbocycles. The van der Waals surface area contributed by atoms with Gasteiger partial charge in [0.1, 0.15) is 6.33 Å². The number of benzene rings is 1. The molecule has 0 spiro atoms. The lowest BCUT2D eigenvalue weighted by Crippen LogP contribution is -2.49. The number of rotatable bonds is 5. The van der Waals surface area contributed by atoms with Crippen molar-refractivity contribution in [1.29, 1.82) is 0 Å². The van der Waals surface area contributed by atoms with E-state index in [9.17, 15) is 8.42 Å². The third kappa shape index (κ3) is 3.80. The van der Waals surface area contributed by atoms with Crippen molar-refractivity contribution in [3.8, 4) is 0 Å². The summed E-state index contributed by atoms with van der Waals surface area (Å²) in [5.74, 6) is 0. The molecule has 1 aromatic heterocycles. The lowest BCUT2D eigenvalue weighted by Gasteiger charge is -2.33. The first-order chi connectivity index (χ1) is 13.5. The van der Waals surface area contributed by atoms with Crippen molar-refractivity contribution in [2.24, 2.45) is 0 Å². The Kier molecular flexibility index (Phi) is 5.69. The molecule has 2 aromatic rings. The van der Waals surface area contributed by atoms with Crippen molar-refractivity contribution in [3.63, 3.8) is 0 Å². The molecule has 9 heteroatoms. The zero-order chi connectivity index (χ0) is 19.7. The smallest absolute Gasteiger partial charge is 0.243 e. The quantitative estimate of drug-likeness (QED) is 0.693. The maximum absolute atomic E-state index is 13.1. The molecule has 0 N–H and O–H groups in total. The van der Waals surface area contributed by atoms with Gasteiger partial charge in [-0.15, -0.1) is 0 Å². The Morgan fingerprint density at radius 2 is 1.79 bits per heavy atom. The third-order valence-electron chi connectivity index (χ3n) is 5.76. The minimum Gasteiger partial charge on any atom is -0.307 e. The van der Waals surface area contributed by atoms with Gasteiger partial charge < -0.3 is 4.57 Å². The lowest BCUT2D eigenvalue weighted by molar-refractivity contribution is 0.144. The summed E-state index contributed by atoms with van der Waals surface area (Å²) in [5.41, 5.74) is 2.50. The summed E-state index contributed by atoms with van der Waals surface area (Å²) in [6, 6.07) is 5.68. The Balaban J connectivity index is 1.42. The Labute approximate surface area is 171 Å². The molecule has 2 aliphatic rings. The maximum Gasteiger partial charge on any atom is 0.243 e. The second-order valence-corrected chi connectivity index (χ2v) is 9.80. The molecule has 1 aliphatic heterocycles. The number of aromatic nitrogens is 3. The van der Waals surface area contributed by atoms with E-state index in [1.54, 1.807) is 21.4 Å². The third-order valence-corrected chi connectivity index (χ3v) is 8.10. The van der Waals surface area contributed by atoms with Crippen LogP contribution in [0.4, 0.5) is 0 Å². The van der Waals surface area contributed by atoms with Crippen LogP contribution in [-0.2, 0) is 36.1 Å². The van der Waals surface area contributed by atoms with Gasteiger partial charge in [-0.3, -0.25) is 4.90 Å². The van der Waals surface area contributed by atoms with E-state index >= 15 is 0 Å². The van der Waals surface area contributed by atoms with E-state index in [2.05, 4.69) is 10.00 Å². The first-order valence-electron chi connectivity index (χ1n) is 9.95. The number of nitrogens with zero attached hydrogens (tertiary/aromatic N) is 5. The Morgan fingerprint density at radius 3 is 2.46 bits per heavy atom. The van der Waals surface area contributed by atoms with Crippen molar-refractivity contribution < 1.29 is 8.42 Å². The summed E-state index contributed by atoms with van der Waals surface area (Å²) in [6.45, 7) is 5.74. The molecular weight excluding hydrogens is 394 g/mol. The average Bonchev–Trinajstić information content (AvgIpc) is 3.07. The highest BCUT2D eigenvalue weighted by Crippen LogP contribution is 2.26. The minimum absolute atomic E-state index is 0.436. The standard InChI is InChI=1S/C19H27N5O2S2/c1-2-22-14-20-24(19(22)27)15-21-9-11-23(12-10-21)28(25,26)18-8-7-16-5-3-4-6-17(16)13-18/h7-8,13-14H,2-6,9-12,15H2,1H3. The van der Waals surface area contributed by atoms with Crippen LogP contribution in [0.25, 0.3) is 0 Å². The second-order valence-electron chi connectivity index (χ2n) is 7.50. The highest BCUT2D eigenvalue weighted by Gasteiger charge is 2.29. The minimum atomic E-state index is -3.44. The molecule has 0 bridgehead atoms. The molecule has 0 atom stereocenters. The van der Waals surface area contributed by atoms with Crippen LogP contribution in [0.1, 0.15) is 30.9 Å². The van der Waals surface area contributed by atoms with Gasteiger partial charge in [0.15, 0.2) is 4.77 Å². The van der Waals surface area contributed by atoms with Crippen LogP contribution in [0.5, 0.6) is 0 Å². The summed E-state index contributed by atoms with van der Waals surface area (Å²) in [7, 11) is -3.44. The summed E-state index contributed by atoms with van der Waals surface area (Å²) in [5, 5.41) is 4.34. The summed E-state index contributed by atoms with van der Waals surface area (Å²) in [6.07, 6.45) is 6.13. The summed E-state index contributed by atoms with van der Waals surface area (Å²) >= 11 is 5.42. The zero-order valence-corrected chi connectivity index (χ0v) is 17.9. The van der Waals surface area contributed by atoms with Crippen LogP contribution in [0.3, 0.4) is 0 Å². The van der Waals surface area contributed by atoms with Gasteiger partial charge >= 0.3 is 0 Å². The van der Waals surface area contributed by atoms with Crippen LogP contribution >= 0.6 is 12.2 Å². The topological polar surface area (TPSA) is 63.4 Å². The van der Waals surface area contributed by atoms with Gasteiger partial charge in [-0.05, 0) is 68.1 Å². The fraction of sp³-hybridized carbons (Fsp3) is 0.579. The van der Waals surface area contributed by atoms with E-state index in [1.807, 2.05) is 23.6 Å². The summed E-state index contributed by atoms with van der Waals surface area (Å²) in [4.78, 5) is 2.63. The molecule has 1 saturated heterocycles. The number of sulfonamides is 1. The molecule has 0 amide bonds. The second kappa shape index (κ2) is 8.06. The van der Waals surface area contributed by atoms with E-state index in [4.69, 9.17) is 12.2 Å². The van der Waals surface area contributed by atoms with Gasteiger partial charge in [-0.1, -0.05) is 6.07 Å². The Bertz CT molecular complexity index is 1000. The molecule has 0 saturated carbocycles. The first kappa shape index (κ1) is 19.8. The van der Waals surface area contributed by atoms with Gasteiger partial charge in [0.25, 0.3) is 0 Å². The molecular formula is C19H27N5O2S2. The molecule has 4 rings (SSSR count). The number of aryl methyl sites for hydroxylation is 3. The Hall–Kier alpha value is -1.55. The fourth-order valence-electron chi connectivity index (χ4n) is 4.01. The molecule has 28 heavy (non-hydrogen) atoms. The number of hydrogen-bond acceptors (Lipinski definition) is 5. The van der Waals surface area contributed by atoms with E-state index in [-0.39, 0.29) is 0 Å². The molecule has 1 aliphatic carbocycles. The van der Waals surface area contributed by atoms with Crippen LogP contribution in [0.2, 0.25) is 0 Å². The SMILES string of the molecule is CCn1cnn(CN2CCN(S(=O)(=O)c3ccc4c(c3)CCCC4)CC2)c1=S. The largest absolute Gasteiger partial charge is 0.307 e. The van der Waals surface area contributed by atoms with Crippen molar-refractivity contribution in [3.05, 3.63) is 40.4 Å². The fourth-order valence-corrected chi connectivity index (χ4v) is 5.76. The average molecular weight is 422 g/mol. The predicted molar refractivity (Wildman–Crippen MR) is 110 cm³/mol. The van der Waals surface area contributed by atoms with Gasteiger partial charge in [0.05, 0.1) is 11.6 Å². The van der Waals surface area contributed by atoms with Gasteiger partial charge in [-0.25, -0.2) is 13.1 Å². The monoisotopic (exact) mass is 421 g/mol. The normalized spacial score (nSPS) is 18.9. The molecule has 0 radical (unpaired) electrons. The Morgan fingerprint density at radius 1 is 1.07 bits per heavy atom. The van der Waals surface area contributed by atoms with E-state index in [0.29, 0.717) is 42.5 Å². The molecule has 1 fully saturated rings. The highest BCUT2D eigenvalue weighted by molar-refractivity contribution is 7.89. The van der Waals surface area contributed by atoms with Gasteiger partial charge in [0.2, 0.25) is 10.0 Å². The van der Waals surface area contributed by atoms with Gasteiger partial charge in [-0.2, -0.15) is 9.40 Å². The molecule has 152 valence electrons. The van der Waals surface area contributed by atoms with Crippen molar-refractivity contribution in [2.45, 2.75) is 50.7 Å². The van der Waals surface area contributed by atoms with E-state index < -0.39 is 10.0 Å². The van der Waals surface area contributed by atoms with Crippen molar-refractivity contribution >= 4 is 22.2 Å². The van der Waals surface area contributed by atoms with Crippen molar-refractivity contribution in [1.82, 2.24) is 23.6 Å². The number of fused-ring (bicyclic) bond motifs is 1. The molecule has 0 unspecified atom stereocenters. The maximum atomic E-state index is 13.1.